The second-order valence-corrected chi connectivity index (χ2v) is 12.1. The molecule has 3 nitrogen and oxygen atoms in total. The molecule has 1 aromatic heterocycles. The Balaban J connectivity index is 1.31. The van der Waals surface area contributed by atoms with E-state index in [4.69, 9.17) is 15.0 Å². The SMILES string of the molecule is CC1(C)c2ccccc2-c2c(-c3cccc(-c4nc(-c5ccccc5)nc(-c5ccccc5-c5ccccc5)n4)c3)cccc21. The molecule has 0 saturated carbocycles. The van der Waals surface area contributed by atoms with Crippen LogP contribution in [0.1, 0.15) is 25.0 Å². The minimum absolute atomic E-state index is 0.0562. The molecule has 6 aromatic carbocycles. The third-order valence-corrected chi connectivity index (χ3v) is 8.96. The number of nitrogens with zero attached hydrogens (tertiary/aromatic N) is 3. The number of rotatable bonds is 5. The summed E-state index contributed by atoms with van der Waals surface area (Å²) >= 11 is 0. The summed E-state index contributed by atoms with van der Waals surface area (Å²) in [6.07, 6.45) is 0. The first-order chi connectivity index (χ1) is 22.1. The number of aromatic nitrogens is 3. The maximum Gasteiger partial charge on any atom is 0.164 e. The van der Waals surface area contributed by atoms with E-state index in [1.54, 1.807) is 0 Å². The Morgan fingerprint density at radius 2 is 0.844 bits per heavy atom. The Bertz CT molecular complexity index is 2180. The van der Waals surface area contributed by atoms with Gasteiger partial charge in [-0.15, -0.1) is 0 Å². The summed E-state index contributed by atoms with van der Waals surface area (Å²) in [6, 6.07) is 53.0. The fourth-order valence-corrected chi connectivity index (χ4v) is 6.71. The number of benzene rings is 6. The van der Waals surface area contributed by atoms with Gasteiger partial charge in [0, 0.05) is 22.1 Å². The molecule has 8 rings (SSSR count). The van der Waals surface area contributed by atoms with Crippen LogP contribution in [0.2, 0.25) is 0 Å². The van der Waals surface area contributed by atoms with Crippen molar-refractivity contribution < 1.29 is 0 Å². The van der Waals surface area contributed by atoms with Crippen LogP contribution in [0.15, 0.2) is 152 Å². The Morgan fingerprint density at radius 1 is 0.356 bits per heavy atom. The maximum absolute atomic E-state index is 5.13. The van der Waals surface area contributed by atoms with E-state index < -0.39 is 0 Å². The molecule has 0 amide bonds. The number of hydrogen-bond donors (Lipinski definition) is 0. The van der Waals surface area contributed by atoms with Crippen molar-refractivity contribution in [2.45, 2.75) is 19.3 Å². The van der Waals surface area contributed by atoms with Gasteiger partial charge >= 0.3 is 0 Å². The van der Waals surface area contributed by atoms with Crippen molar-refractivity contribution in [3.8, 4) is 67.5 Å². The Morgan fingerprint density at radius 3 is 1.60 bits per heavy atom. The summed E-state index contributed by atoms with van der Waals surface area (Å²) in [4.78, 5) is 15.2. The highest BCUT2D eigenvalue weighted by Gasteiger charge is 2.36. The van der Waals surface area contributed by atoms with Gasteiger partial charge in [-0.05, 0) is 50.6 Å². The van der Waals surface area contributed by atoms with Gasteiger partial charge in [-0.3, -0.25) is 0 Å². The molecule has 1 heterocycles. The molecule has 0 unspecified atom stereocenters. The minimum atomic E-state index is -0.0562. The molecule has 0 aliphatic heterocycles. The lowest BCUT2D eigenvalue weighted by molar-refractivity contribution is 0.660. The van der Waals surface area contributed by atoms with E-state index in [2.05, 4.69) is 135 Å². The van der Waals surface area contributed by atoms with Gasteiger partial charge in [-0.1, -0.05) is 159 Å². The van der Waals surface area contributed by atoms with Gasteiger partial charge in [0.05, 0.1) is 0 Å². The number of fused-ring (bicyclic) bond motifs is 3. The van der Waals surface area contributed by atoms with Gasteiger partial charge in [0.25, 0.3) is 0 Å². The van der Waals surface area contributed by atoms with Crippen LogP contribution in [0.4, 0.5) is 0 Å². The molecular weight excluding hydrogens is 546 g/mol. The van der Waals surface area contributed by atoms with Gasteiger partial charge in [0.15, 0.2) is 17.5 Å². The van der Waals surface area contributed by atoms with Crippen molar-refractivity contribution in [3.63, 3.8) is 0 Å². The molecule has 1 aliphatic carbocycles. The third-order valence-electron chi connectivity index (χ3n) is 8.96. The molecule has 0 radical (unpaired) electrons. The average molecular weight is 578 g/mol. The van der Waals surface area contributed by atoms with Crippen molar-refractivity contribution in [3.05, 3.63) is 163 Å². The highest BCUT2D eigenvalue weighted by Crippen LogP contribution is 2.52. The van der Waals surface area contributed by atoms with Crippen molar-refractivity contribution in [2.24, 2.45) is 0 Å². The van der Waals surface area contributed by atoms with Crippen LogP contribution < -0.4 is 0 Å². The second-order valence-electron chi connectivity index (χ2n) is 12.1. The third kappa shape index (κ3) is 4.65. The highest BCUT2D eigenvalue weighted by atomic mass is 15.0. The molecule has 3 heteroatoms. The first-order valence-electron chi connectivity index (χ1n) is 15.4. The van der Waals surface area contributed by atoms with Crippen LogP contribution in [-0.4, -0.2) is 15.0 Å². The van der Waals surface area contributed by atoms with Crippen LogP contribution in [0.25, 0.3) is 67.5 Å². The van der Waals surface area contributed by atoms with E-state index in [0.717, 1.165) is 33.4 Å². The Hall–Kier alpha value is -5.67. The van der Waals surface area contributed by atoms with Crippen LogP contribution in [-0.2, 0) is 5.41 Å². The number of hydrogen-bond acceptors (Lipinski definition) is 3. The van der Waals surface area contributed by atoms with Crippen molar-refractivity contribution in [1.29, 1.82) is 0 Å². The zero-order valence-electron chi connectivity index (χ0n) is 25.3. The largest absolute Gasteiger partial charge is 0.208 e. The summed E-state index contributed by atoms with van der Waals surface area (Å²) in [7, 11) is 0. The van der Waals surface area contributed by atoms with Gasteiger partial charge in [-0.2, -0.15) is 0 Å². The lowest BCUT2D eigenvalue weighted by Gasteiger charge is -2.21. The van der Waals surface area contributed by atoms with Crippen LogP contribution in [0.5, 0.6) is 0 Å². The van der Waals surface area contributed by atoms with Gasteiger partial charge < -0.3 is 0 Å². The van der Waals surface area contributed by atoms with E-state index >= 15 is 0 Å². The molecule has 0 N–H and O–H groups in total. The monoisotopic (exact) mass is 577 g/mol. The van der Waals surface area contributed by atoms with E-state index in [-0.39, 0.29) is 5.41 Å². The Labute approximate surface area is 264 Å². The predicted molar refractivity (Wildman–Crippen MR) is 185 cm³/mol. The maximum atomic E-state index is 5.13. The molecule has 7 aromatic rings. The quantitative estimate of drug-likeness (QED) is 0.204. The lowest BCUT2D eigenvalue weighted by atomic mass is 9.82. The van der Waals surface area contributed by atoms with E-state index in [1.165, 1.54) is 27.8 Å². The minimum Gasteiger partial charge on any atom is -0.208 e. The van der Waals surface area contributed by atoms with Gasteiger partial charge in [-0.25, -0.2) is 15.0 Å². The van der Waals surface area contributed by atoms with Gasteiger partial charge in [0.1, 0.15) is 0 Å². The Kier molecular flexibility index (Phi) is 6.46. The van der Waals surface area contributed by atoms with Gasteiger partial charge in [0.2, 0.25) is 0 Å². The van der Waals surface area contributed by atoms with Crippen LogP contribution >= 0.6 is 0 Å². The lowest BCUT2D eigenvalue weighted by Crippen LogP contribution is -2.14. The normalized spacial score (nSPS) is 12.8. The molecule has 0 fully saturated rings. The van der Waals surface area contributed by atoms with Crippen molar-refractivity contribution >= 4 is 0 Å². The summed E-state index contributed by atoms with van der Waals surface area (Å²) in [5.74, 6) is 1.96. The average Bonchev–Trinajstić information content (AvgIpc) is 3.35. The van der Waals surface area contributed by atoms with Crippen LogP contribution in [0, 0.1) is 0 Å². The summed E-state index contributed by atoms with van der Waals surface area (Å²) in [5.41, 5.74) is 12.8. The molecule has 0 saturated heterocycles. The zero-order valence-corrected chi connectivity index (χ0v) is 25.3. The van der Waals surface area contributed by atoms with Crippen LogP contribution in [0.3, 0.4) is 0 Å². The predicted octanol–water partition coefficient (Wildman–Crippen LogP) is 10.5. The fraction of sp³-hybridized carbons (Fsp3) is 0.0714. The first kappa shape index (κ1) is 26.9. The molecular formula is C42H31N3. The van der Waals surface area contributed by atoms with Crippen molar-refractivity contribution in [1.82, 2.24) is 15.0 Å². The van der Waals surface area contributed by atoms with E-state index in [9.17, 15) is 0 Å². The molecule has 0 bridgehead atoms. The summed E-state index contributed by atoms with van der Waals surface area (Å²) in [5, 5.41) is 0. The smallest absolute Gasteiger partial charge is 0.164 e. The highest BCUT2D eigenvalue weighted by molar-refractivity contribution is 5.93. The summed E-state index contributed by atoms with van der Waals surface area (Å²) in [6.45, 7) is 4.64. The van der Waals surface area contributed by atoms with E-state index in [1.807, 2.05) is 30.3 Å². The van der Waals surface area contributed by atoms with E-state index in [0.29, 0.717) is 17.5 Å². The van der Waals surface area contributed by atoms with Crippen molar-refractivity contribution in [2.75, 3.05) is 0 Å². The molecule has 1 aliphatic rings. The zero-order chi connectivity index (χ0) is 30.4. The second kappa shape index (κ2) is 10.8. The molecule has 214 valence electrons. The molecule has 0 atom stereocenters. The standard InChI is InChI=1S/C42H31N3/c1-42(2)36-25-12-11-23-35(36)38-33(24-14-26-37(38)42)30-19-13-20-31(27-30)40-43-39(29-17-7-4-8-18-29)44-41(45-40)34-22-10-9-21-32(34)28-15-5-3-6-16-28/h3-27H,1-2H3. The molecule has 45 heavy (non-hydrogen) atoms. The summed E-state index contributed by atoms with van der Waals surface area (Å²) < 4.78 is 0. The molecule has 0 spiro atoms. The first-order valence-corrected chi connectivity index (χ1v) is 15.4. The fourth-order valence-electron chi connectivity index (χ4n) is 6.71. The topological polar surface area (TPSA) is 38.7 Å².